The highest BCUT2D eigenvalue weighted by Crippen LogP contribution is 2.25. The van der Waals surface area contributed by atoms with Crippen LogP contribution in [0.2, 0.25) is 0 Å². The van der Waals surface area contributed by atoms with E-state index in [9.17, 15) is 14.9 Å². The molecular weight excluding hydrogens is 334 g/mol. The molecule has 3 rings (SSSR count). The van der Waals surface area contributed by atoms with E-state index in [1.807, 2.05) is 40.1 Å². The smallest absolute Gasteiger partial charge is 0.311 e. The molecule has 1 N–H and O–H groups in total. The third-order valence-corrected chi connectivity index (χ3v) is 4.33. The third kappa shape index (κ3) is 4.54. The fourth-order valence-corrected chi connectivity index (χ4v) is 2.95. The van der Waals surface area contributed by atoms with E-state index >= 15 is 0 Å². The van der Waals surface area contributed by atoms with Crippen LogP contribution in [0.4, 0.5) is 11.5 Å². The van der Waals surface area contributed by atoms with Gasteiger partial charge in [-0.3, -0.25) is 19.8 Å². The largest absolute Gasteiger partial charge is 0.351 e. The molecule has 26 heavy (non-hydrogen) atoms. The number of anilines is 1. The fraction of sp³-hybridized carbons (Fsp3) is 0.333. The van der Waals surface area contributed by atoms with Crippen molar-refractivity contribution in [3.05, 3.63) is 64.3 Å². The number of carbonyl (C=O) groups is 1. The zero-order valence-electron chi connectivity index (χ0n) is 14.4. The lowest BCUT2D eigenvalue weighted by Crippen LogP contribution is -2.49. The van der Waals surface area contributed by atoms with Gasteiger partial charge in [-0.25, -0.2) is 4.98 Å². The van der Waals surface area contributed by atoms with E-state index in [2.05, 4.69) is 10.3 Å². The van der Waals surface area contributed by atoms with Crippen molar-refractivity contribution in [2.75, 3.05) is 37.6 Å². The molecule has 0 aliphatic carbocycles. The first-order chi connectivity index (χ1) is 12.6. The van der Waals surface area contributed by atoms with Crippen molar-refractivity contribution in [2.45, 2.75) is 6.54 Å². The molecule has 1 aromatic heterocycles. The van der Waals surface area contributed by atoms with Gasteiger partial charge in [0, 0.05) is 45.0 Å². The lowest BCUT2D eigenvalue weighted by Gasteiger charge is -2.34. The van der Waals surface area contributed by atoms with E-state index in [0.717, 1.165) is 5.56 Å². The van der Waals surface area contributed by atoms with Crippen LogP contribution in [-0.2, 0) is 11.3 Å². The molecule has 0 unspecified atom stereocenters. The van der Waals surface area contributed by atoms with Gasteiger partial charge in [0.25, 0.3) is 0 Å². The predicted octanol–water partition coefficient (Wildman–Crippen LogP) is 1.43. The Morgan fingerprint density at radius 2 is 1.85 bits per heavy atom. The fourth-order valence-electron chi connectivity index (χ4n) is 2.95. The molecule has 1 fully saturated rings. The van der Waals surface area contributed by atoms with Crippen molar-refractivity contribution >= 4 is 17.4 Å². The quantitative estimate of drug-likeness (QED) is 0.623. The summed E-state index contributed by atoms with van der Waals surface area (Å²) in [5.41, 5.74) is 1.08. The number of nitro groups is 1. The zero-order valence-corrected chi connectivity index (χ0v) is 14.4. The SMILES string of the molecule is O=C(CN1CCN(c2ncccc2[N+](=O)[O-])CC1)NCc1ccccc1. The Labute approximate surface area is 151 Å². The van der Waals surface area contributed by atoms with Crippen LogP contribution in [-0.4, -0.2) is 53.4 Å². The van der Waals surface area contributed by atoms with Crippen molar-refractivity contribution in [2.24, 2.45) is 0 Å². The van der Waals surface area contributed by atoms with Gasteiger partial charge >= 0.3 is 5.69 Å². The van der Waals surface area contributed by atoms with Crippen molar-refractivity contribution < 1.29 is 9.72 Å². The monoisotopic (exact) mass is 355 g/mol. The summed E-state index contributed by atoms with van der Waals surface area (Å²) in [5, 5.41) is 14.1. The van der Waals surface area contributed by atoms with Crippen LogP contribution in [0.1, 0.15) is 5.56 Å². The molecule has 0 atom stereocenters. The minimum absolute atomic E-state index is 0.0153. The van der Waals surface area contributed by atoms with Gasteiger partial charge in [-0.1, -0.05) is 30.3 Å². The number of amides is 1. The molecule has 2 aromatic rings. The van der Waals surface area contributed by atoms with Gasteiger partial charge in [0.1, 0.15) is 0 Å². The van der Waals surface area contributed by atoms with Gasteiger partial charge in [0.2, 0.25) is 11.7 Å². The van der Waals surface area contributed by atoms with Crippen molar-refractivity contribution in [3.63, 3.8) is 0 Å². The summed E-state index contributed by atoms with van der Waals surface area (Å²) in [4.78, 5) is 30.9. The molecule has 1 aromatic carbocycles. The first-order valence-electron chi connectivity index (χ1n) is 8.51. The molecule has 0 spiro atoms. The summed E-state index contributed by atoms with van der Waals surface area (Å²) in [7, 11) is 0. The minimum Gasteiger partial charge on any atom is -0.351 e. The lowest BCUT2D eigenvalue weighted by molar-refractivity contribution is -0.384. The van der Waals surface area contributed by atoms with Crippen LogP contribution in [0.25, 0.3) is 0 Å². The molecule has 1 saturated heterocycles. The number of pyridine rings is 1. The molecule has 8 heteroatoms. The summed E-state index contributed by atoms with van der Waals surface area (Å²) >= 11 is 0. The molecule has 0 radical (unpaired) electrons. The average Bonchev–Trinajstić information content (AvgIpc) is 2.68. The van der Waals surface area contributed by atoms with Gasteiger partial charge in [-0.2, -0.15) is 0 Å². The summed E-state index contributed by atoms with van der Waals surface area (Å²) in [6, 6.07) is 12.8. The molecule has 1 aliphatic heterocycles. The third-order valence-electron chi connectivity index (χ3n) is 4.33. The Morgan fingerprint density at radius 3 is 2.54 bits per heavy atom. The number of carbonyl (C=O) groups excluding carboxylic acids is 1. The second kappa shape index (κ2) is 8.39. The zero-order chi connectivity index (χ0) is 18.4. The molecular formula is C18H21N5O3. The normalized spacial score (nSPS) is 14.8. The first-order valence-corrected chi connectivity index (χ1v) is 8.51. The topological polar surface area (TPSA) is 91.6 Å². The maximum atomic E-state index is 12.1. The van der Waals surface area contributed by atoms with Gasteiger partial charge in [0.05, 0.1) is 11.5 Å². The molecule has 0 bridgehead atoms. The predicted molar refractivity (Wildman–Crippen MR) is 97.8 cm³/mol. The van der Waals surface area contributed by atoms with E-state index in [1.54, 1.807) is 12.3 Å². The highest BCUT2D eigenvalue weighted by Gasteiger charge is 2.25. The molecule has 1 amide bonds. The molecule has 8 nitrogen and oxygen atoms in total. The Bertz CT molecular complexity index is 760. The summed E-state index contributed by atoms with van der Waals surface area (Å²) in [5.74, 6) is 0.372. The number of nitrogens with zero attached hydrogens (tertiary/aromatic N) is 4. The Hall–Kier alpha value is -3.00. The lowest BCUT2D eigenvalue weighted by atomic mass is 10.2. The summed E-state index contributed by atoms with van der Waals surface area (Å²) in [6.45, 7) is 3.36. The van der Waals surface area contributed by atoms with E-state index < -0.39 is 4.92 Å². The Balaban J connectivity index is 1.48. The second-order valence-electron chi connectivity index (χ2n) is 6.13. The number of benzene rings is 1. The van der Waals surface area contributed by atoms with Crippen LogP contribution in [0, 0.1) is 10.1 Å². The number of nitrogens with one attached hydrogen (secondary N) is 1. The van der Waals surface area contributed by atoms with Crippen molar-refractivity contribution in [1.29, 1.82) is 0 Å². The van der Waals surface area contributed by atoms with Crippen LogP contribution in [0.5, 0.6) is 0 Å². The Morgan fingerprint density at radius 1 is 1.12 bits per heavy atom. The average molecular weight is 355 g/mol. The number of aromatic nitrogens is 1. The van der Waals surface area contributed by atoms with E-state index in [0.29, 0.717) is 45.1 Å². The van der Waals surface area contributed by atoms with Crippen LogP contribution in [0.15, 0.2) is 48.7 Å². The highest BCUT2D eigenvalue weighted by molar-refractivity contribution is 5.78. The van der Waals surface area contributed by atoms with E-state index in [1.165, 1.54) is 6.07 Å². The van der Waals surface area contributed by atoms with Crippen molar-refractivity contribution in [3.8, 4) is 0 Å². The summed E-state index contributed by atoms with van der Waals surface area (Å²) < 4.78 is 0. The number of rotatable bonds is 6. The van der Waals surface area contributed by atoms with Crippen LogP contribution < -0.4 is 10.2 Å². The second-order valence-corrected chi connectivity index (χ2v) is 6.13. The van der Waals surface area contributed by atoms with E-state index in [4.69, 9.17) is 0 Å². The van der Waals surface area contributed by atoms with Gasteiger partial charge in [0.15, 0.2) is 0 Å². The number of piperazine rings is 1. The molecule has 1 aliphatic rings. The first kappa shape index (κ1) is 17.8. The number of hydrogen-bond acceptors (Lipinski definition) is 6. The van der Waals surface area contributed by atoms with E-state index in [-0.39, 0.29) is 11.6 Å². The minimum atomic E-state index is -0.411. The molecule has 136 valence electrons. The van der Waals surface area contributed by atoms with Crippen LogP contribution in [0.3, 0.4) is 0 Å². The van der Waals surface area contributed by atoms with Gasteiger partial charge < -0.3 is 10.2 Å². The number of hydrogen-bond donors (Lipinski definition) is 1. The molecule has 0 saturated carbocycles. The maximum Gasteiger partial charge on any atom is 0.311 e. The van der Waals surface area contributed by atoms with Gasteiger partial charge in [-0.15, -0.1) is 0 Å². The molecule has 2 heterocycles. The highest BCUT2D eigenvalue weighted by atomic mass is 16.6. The summed E-state index contributed by atoms with van der Waals surface area (Å²) in [6.07, 6.45) is 1.56. The van der Waals surface area contributed by atoms with Crippen LogP contribution >= 0.6 is 0 Å². The van der Waals surface area contributed by atoms with Gasteiger partial charge in [-0.05, 0) is 11.6 Å². The maximum absolute atomic E-state index is 12.1. The van der Waals surface area contributed by atoms with Crippen molar-refractivity contribution in [1.82, 2.24) is 15.2 Å². The standard InChI is InChI=1S/C18H21N5O3/c24-17(20-13-15-5-2-1-3-6-15)14-21-9-11-22(12-10-21)18-16(23(25)26)7-4-8-19-18/h1-8H,9-14H2,(H,20,24). The Kier molecular flexibility index (Phi) is 5.75.